The first kappa shape index (κ1) is 14.4. The fourth-order valence-electron chi connectivity index (χ4n) is 3.73. The Morgan fingerprint density at radius 3 is 2.90 bits per heavy atom. The van der Waals surface area contributed by atoms with Crippen LogP contribution in [0.3, 0.4) is 0 Å². The molecule has 0 radical (unpaired) electrons. The molecule has 1 aromatic carbocycles. The number of phenolic OH excluding ortho intramolecular Hbond substituents is 1. The third-order valence-electron chi connectivity index (χ3n) is 5.16. The molecule has 0 bridgehead atoms. The molecule has 1 saturated carbocycles. The van der Waals surface area contributed by atoms with Gasteiger partial charge in [-0.05, 0) is 49.9 Å². The van der Waals surface area contributed by atoms with Crippen molar-refractivity contribution in [1.29, 1.82) is 0 Å². The van der Waals surface area contributed by atoms with Crippen LogP contribution in [0.25, 0.3) is 0 Å². The minimum absolute atomic E-state index is 0.00530. The van der Waals surface area contributed by atoms with E-state index in [0.29, 0.717) is 30.6 Å². The summed E-state index contributed by atoms with van der Waals surface area (Å²) in [6, 6.07) is 4.98. The van der Waals surface area contributed by atoms with E-state index in [4.69, 9.17) is 0 Å². The van der Waals surface area contributed by atoms with Crippen LogP contribution in [-0.2, 0) is 0 Å². The smallest absolute Gasteiger partial charge is 0.253 e. The first-order valence-electron chi connectivity index (χ1n) is 7.81. The van der Waals surface area contributed by atoms with Gasteiger partial charge >= 0.3 is 0 Å². The fourth-order valence-corrected chi connectivity index (χ4v) is 3.73. The summed E-state index contributed by atoms with van der Waals surface area (Å²) >= 11 is 0. The van der Waals surface area contributed by atoms with Crippen LogP contribution in [0.15, 0.2) is 18.2 Å². The Balaban J connectivity index is 1.75. The van der Waals surface area contributed by atoms with Gasteiger partial charge in [0.05, 0.1) is 5.60 Å². The molecule has 1 amide bonds. The topological polar surface area (TPSA) is 60.8 Å². The Morgan fingerprint density at radius 1 is 1.33 bits per heavy atom. The minimum atomic E-state index is -0.556. The number of piperidine rings is 1. The summed E-state index contributed by atoms with van der Waals surface area (Å²) in [6.07, 6.45) is 4.80. The predicted molar refractivity (Wildman–Crippen MR) is 80.3 cm³/mol. The maximum Gasteiger partial charge on any atom is 0.253 e. The molecular formula is C17H23NO3. The summed E-state index contributed by atoms with van der Waals surface area (Å²) in [5.74, 6) is 0.430. The molecule has 1 aliphatic heterocycles. The van der Waals surface area contributed by atoms with Gasteiger partial charge in [-0.2, -0.15) is 0 Å². The predicted octanol–water partition coefficient (Wildman–Crippen LogP) is 2.47. The number of aliphatic hydroxyl groups is 1. The Bertz CT molecular complexity index is 557. The molecule has 1 saturated heterocycles. The SMILES string of the molecule is Cc1cc(C(=O)N2CCC3(O)CCCCC3C2)ccc1O. The van der Waals surface area contributed by atoms with Crippen LogP contribution in [0, 0.1) is 12.8 Å². The number of benzene rings is 1. The highest BCUT2D eigenvalue weighted by atomic mass is 16.3. The molecule has 1 aliphatic carbocycles. The monoisotopic (exact) mass is 289 g/mol. The Hall–Kier alpha value is -1.55. The van der Waals surface area contributed by atoms with E-state index in [9.17, 15) is 15.0 Å². The Labute approximate surface area is 125 Å². The third-order valence-corrected chi connectivity index (χ3v) is 5.16. The number of hydrogen-bond acceptors (Lipinski definition) is 3. The van der Waals surface area contributed by atoms with Crippen molar-refractivity contribution in [3.8, 4) is 5.75 Å². The van der Waals surface area contributed by atoms with E-state index in [1.807, 2.05) is 4.90 Å². The average Bonchev–Trinajstić information content (AvgIpc) is 2.48. The van der Waals surface area contributed by atoms with Crippen molar-refractivity contribution < 1.29 is 15.0 Å². The van der Waals surface area contributed by atoms with Crippen molar-refractivity contribution in [2.75, 3.05) is 13.1 Å². The number of carbonyl (C=O) groups is 1. The molecule has 0 aromatic heterocycles. The molecule has 0 spiro atoms. The van der Waals surface area contributed by atoms with Crippen LogP contribution in [0.5, 0.6) is 5.75 Å². The van der Waals surface area contributed by atoms with Crippen molar-refractivity contribution in [3.05, 3.63) is 29.3 Å². The van der Waals surface area contributed by atoms with Crippen molar-refractivity contribution in [1.82, 2.24) is 4.90 Å². The molecule has 2 N–H and O–H groups in total. The van der Waals surface area contributed by atoms with Crippen LogP contribution in [0.2, 0.25) is 0 Å². The normalized spacial score (nSPS) is 29.0. The summed E-state index contributed by atoms with van der Waals surface area (Å²) in [4.78, 5) is 14.5. The lowest BCUT2D eigenvalue weighted by Gasteiger charge is -2.47. The fraction of sp³-hybridized carbons (Fsp3) is 0.588. The third kappa shape index (κ3) is 2.64. The molecule has 3 rings (SSSR count). The van der Waals surface area contributed by atoms with Crippen molar-refractivity contribution in [3.63, 3.8) is 0 Å². The molecular weight excluding hydrogens is 266 g/mol. The number of fused-ring (bicyclic) bond motifs is 1. The molecule has 2 atom stereocenters. The van der Waals surface area contributed by atoms with E-state index < -0.39 is 5.60 Å². The van der Waals surface area contributed by atoms with Crippen molar-refractivity contribution in [2.24, 2.45) is 5.92 Å². The average molecular weight is 289 g/mol. The number of likely N-dealkylation sites (tertiary alicyclic amines) is 1. The second-order valence-corrected chi connectivity index (χ2v) is 6.55. The molecule has 1 aromatic rings. The standard InChI is InChI=1S/C17H23NO3/c1-12-10-13(5-6-15(12)19)16(20)18-9-8-17(21)7-3-2-4-14(17)11-18/h5-6,10,14,19,21H,2-4,7-9,11H2,1H3. The molecule has 2 fully saturated rings. The first-order valence-corrected chi connectivity index (χ1v) is 7.81. The number of aryl methyl sites for hydroxylation is 1. The number of nitrogens with zero attached hydrogens (tertiary/aromatic N) is 1. The Morgan fingerprint density at radius 2 is 2.14 bits per heavy atom. The van der Waals surface area contributed by atoms with Gasteiger partial charge in [-0.1, -0.05) is 12.8 Å². The summed E-state index contributed by atoms with van der Waals surface area (Å²) in [7, 11) is 0. The zero-order chi connectivity index (χ0) is 15.0. The summed E-state index contributed by atoms with van der Waals surface area (Å²) in [6.45, 7) is 3.06. The summed E-state index contributed by atoms with van der Waals surface area (Å²) < 4.78 is 0. The van der Waals surface area contributed by atoms with Crippen LogP contribution in [0.4, 0.5) is 0 Å². The van der Waals surface area contributed by atoms with Gasteiger partial charge in [0, 0.05) is 24.6 Å². The molecule has 2 unspecified atom stereocenters. The number of hydrogen-bond donors (Lipinski definition) is 2. The van der Waals surface area contributed by atoms with Gasteiger partial charge in [-0.25, -0.2) is 0 Å². The van der Waals surface area contributed by atoms with E-state index in [-0.39, 0.29) is 17.6 Å². The van der Waals surface area contributed by atoms with E-state index in [1.165, 1.54) is 0 Å². The highest BCUT2D eigenvalue weighted by Crippen LogP contribution is 2.40. The second kappa shape index (κ2) is 5.34. The van der Waals surface area contributed by atoms with Gasteiger partial charge in [-0.3, -0.25) is 4.79 Å². The first-order chi connectivity index (χ1) is 9.99. The van der Waals surface area contributed by atoms with E-state index >= 15 is 0 Å². The van der Waals surface area contributed by atoms with Gasteiger partial charge in [-0.15, -0.1) is 0 Å². The maximum atomic E-state index is 12.6. The highest BCUT2D eigenvalue weighted by Gasteiger charge is 2.43. The van der Waals surface area contributed by atoms with Gasteiger partial charge in [0.25, 0.3) is 5.91 Å². The lowest BCUT2D eigenvalue weighted by molar-refractivity contribution is -0.0886. The van der Waals surface area contributed by atoms with E-state index in [0.717, 1.165) is 25.7 Å². The quantitative estimate of drug-likeness (QED) is 0.835. The number of carbonyl (C=O) groups excluding carboxylic acids is 1. The molecule has 1 heterocycles. The minimum Gasteiger partial charge on any atom is -0.508 e. The zero-order valence-electron chi connectivity index (χ0n) is 12.5. The van der Waals surface area contributed by atoms with Gasteiger partial charge < -0.3 is 15.1 Å². The zero-order valence-corrected chi connectivity index (χ0v) is 12.5. The summed E-state index contributed by atoms with van der Waals surface area (Å²) in [5.41, 5.74) is 0.776. The van der Waals surface area contributed by atoms with Crippen molar-refractivity contribution >= 4 is 5.91 Å². The number of aromatic hydroxyl groups is 1. The van der Waals surface area contributed by atoms with Crippen molar-refractivity contribution in [2.45, 2.75) is 44.6 Å². The maximum absolute atomic E-state index is 12.6. The molecule has 2 aliphatic rings. The van der Waals surface area contributed by atoms with Crippen LogP contribution in [0.1, 0.15) is 48.0 Å². The molecule has 21 heavy (non-hydrogen) atoms. The van der Waals surface area contributed by atoms with Crippen LogP contribution < -0.4 is 0 Å². The van der Waals surface area contributed by atoms with Gasteiger partial charge in [0.1, 0.15) is 5.75 Å². The molecule has 4 nitrogen and oxygen atoms in total. The largest absolute Gasteiger partial charge is 0.508 e. The van der Waals surface area contributed by atoms with E-state index in [2.05, 4.69) is 0 Å². The number of rotatable bonds is 1. The van der Waals surface area contributed by atoms with Crippen LogP contribution in [-0.4, -0.2) is 39.7 Å². The molecule has 4 heteroatoms. The molecule has 114 valence electrons. The van der Waals surface area contributed by atoms with Gasteiger partial charge in [0.2, 0.25) is 0 Å². The number of amides is 1. The lowest BCUT2D eigenvalue weighted by atomic mass is 9.71. The highest BCUT2D eigenvalue weighted by molar-refractivity contribution is 5.94. The van der Waals surface area contributed by atoms with Gasteiger partial charge in [0.15, 0.2) is 0 Å². The number of phenols is 1. The second-order valence-electron chi connectivity index (χ2n) is 6.55. The summed E-state index contributed by atoms with van der Waals surface area (Å²) in [5, 5.41) is 20.2. The lowest BCUT2D eigenvalue weighted by Crippen LogP contribution is -2.54. The van der Waals surface area contributed by atoms with E-state index in [1.54, 1.807) is 25.1 Å². The Kier molecular flexibility index (Phi) is 3.66. The van der Waals surface area contributed by atoms with Crippen LogP contribution >= 0.6 is 0 Å².